The molecule has 2 aromatic rings. The Morgan fingerprint density at radius 3 is 2.64 bits per heavy atom. The molecule has 1 amide bonds. The number of nitrogens with one attached hydrogen (secondary N) is 1. The Hall–Kier alpha value is -1.66. The molecule has 0 saturated carbocycles. The number of hydrogen-bond donors (Lipinski definition) is 1. The molecule has 1 aromatic heterocycles. The van der Waals surface area contributed by atoms with Crippen LogP contribution in [-0.4, -0.2) is 34.2 Å². The summed E-state index contributed by atoms with van der Waals surface area (Å²) in [6.45, 7) is 5.12. The number of hydrogen-bond acceptors (Lipinski definition) is 3. The SMILES string of the molecule is CC(C)n1nccc1NC(=O)CN(C)Cc1ccc(Br)cc1. The molecule has 0 fully saturated rings. The van der Waals surface area contributed by atoms with Gasteiger partial charge in [-0.1, -0.05) is 28.1 Å². The molecule has 118 valence electrons. The molecule has 0 radical (unpaired) electrons. The smallest absolute Gasteiger partial charge is 0.239 e. The lowest BCUT2D eigenvalue weighted by molar-refractivity contribution is -0.117. The molecule has 0 atom stereocenters. The first kappa shape index (κ1) is 16.7. The van der Waals surface area contributed by atoms with Crippen molar-refractivity contribution in [1.82, 2.24) is 14.7 Å². The fourth-order valence-electron chi connectivity index (χ4n) is 2.21. The van der Waals surface area contributed by atoms with Crippen LogP contribution in [0.4, 0.5) is 5.82 Å². The van der Waals surface area contributed by atoms with E-state index in [1.54, 1.807) is 10.9 Å². The summed E-state index contributed by atoms with van der Waals surface area (Å²) in [6, 6.07) is 10.1. The van der Waals surface area contributed by atoms with Crippen LogP contribution in [0.15, 0.2) is 41.0 Å². The molecule has 1 aromatic carbocycles. The Morgan fingerprint density at radius 2 is 2.00 bits per heavy atom. The quantitative estimate of drug-likeness (QED) is 0.855. The fraction of sp³-hybridized carbons (Fsp3) is 0.375. The molecule has 0 aliphatic heterocycles. The van der Waals surface area contributed by atoms with E-state index >= 15 is 0 Å². The zero-order valence-corrected chi connectivity index (χ0v) is 14.7. The number of rotatable bonds is 6. The van der Waals surface area contributed by atoms with Gasteiger partial charge in [-0.25, -0.2) is 4.68 Å². The number of halogens is 1. The summed E-state index contributed by atoms with van der Waals surface area (Å²) in [4.78, 5) is 14.1. The monoisotopic (exact) mass is 364 g/mol. The Bertz CT molecular complexity index is 621. The van der Waals surface area contributed by atoms with Crippen molar-refractivity contribution >= 4 is 27.7 Å². The lowest BCUT2D eigenvalue weighted by atomic mass is 10.2. The molecule has 0 saturated heterocycles. The minimum Gasteiger partial charge on any atom is -0.310 e. The molecule has 1 heterocycles. The van der Waals surface area contributed by atoms with Crippen LogP contribution in [-0.2, 0) is 11.3 Å². The van der Waals surface area contributed by atoms with E-state index in [0.29, 0.717) is 6.54 Å². The second-order valence-corrected chi connectivity index (χ2v) is 6.52. The zero-order valence-electron chi connectivity index (χ0n) is 13.1. The summed E-state index contributed by atoms with van der Waals surface area (Å²) < 4.78 is 2.85. The van der Waals surface area contributed by atoms with Crippen LogP contribution in [0.25, 0.3) is 0 Å². The van der Waals surface area contributed by atoms with Gasteiger partial charge < -0.3 is 5.32 Å². The minimum atomic E-state index is -0.0398. The minimum absolute atomic E-state index is 0.0398. The number of benzene rings is 1. The standard InChI is InChI=1S/C16H21BrN4O/c1-12(2)21-15(8-9-18-21)19-16(22)11-20(3)10-13-4-6-14(17)7-5-13/h4-9,12H,10-11H2,1-3H3,(H,19,22). The van der Waals surface area contributed by atoms with Gasteiger partial charge in [0.2, 0.25) is 5.91 Å². The normalized spacial score (nSPS) is 11.2. The second-order valence-electron chi connectivity index (χ2n) is 5.60. The van der Waals surface area contributed by atoms with Crippen molar-refractivity contribution in [2.24, 2.45) is 0 Å². The number of likely N-dealkylation sites (N-methyl/N-ethyl adjacent to an activating group) is 1. The number of aromatic nitrogens is 2. The lowest BCUT2D eigenvalue weighted by Crippen LogP contribution is -2.30. The molecular formula is C16H21BrN4O. The molecule has 6 heteroatoms. The van der Waals surface area contributed by atoms with Gasteiger partial charge in [0.1, 0.15) is 5.82 Å². The highest BCUT2D eigenvalue weighted by molar-refractivity contribution is 9.10. The van der Waals surface area contributed by atoms with Crippen molar-refractivity contribution in [1.29, 1.82) is 0 Å². The van der Waals surface area contributed by atoms with Crippen LogP contribution in [0, 0.1) is 0 Å². The molecule has 0 spiro atoms. The van der Waals surface area contributed by atoms with Crippen molar-refractivity contribution < 1.29 is 4.79 Å². The lowest BCUT2D eigenvalue weighted by Gasteiger charge is -2.17. The summed E-state index contributed by atoms with van der Waals surface area (Å²) >= 11 is 3.42. The zero-order chi connectivity index (χ0) is 16.1. The molecule has 0 unspecified atom stereocenters. The van der Waals surface area contributed by atoms with Crippen LogP contribution in [0.1, 0.15) is 25.5 Å². The van der Waals surface area contributed by atoms with E-state index in [2.05, 4.69) is 26.3 Å². The summed E-state index contributed by atoms with van der Waals surface area (Å²) in [7, 11) is 1.93. The number of amides is 1. The van der Waals surface area contributed by atoms with Crippen molar-refractivity contribution in [2.45, 2.75) is 26.4 Å². The van der Waals surface area contributed by atoms with Gasteiger partial charge in [0.15, 0.2) is 0 Å². The van der Waals surface area contributed by atoms with E-state index in [1.165, 1.54) is 5.56 Å². The highest BCUT2D eigenvalue weighted by Crippen LogP contribution is 2.14. The number of nitrogens with zero attached hydrogens (tertiary/aromatic N) is 3. The van der Waals surface area contributed by atoms with Crippen molar-refractivity contribution in [2.75, 3.05) is 18.9 Å². The van der Waals surface area contributed by atoms with E-state index in [0.717, 1.165) is 16.8 Å². The Morgan fingerprint density at radius 1 is 1.32 bits per heavy atom. The first-order chi connectivity index (χ1) is 10.5. The van der Waals surface area contributed by atoms with Gasteiger partial charge in [-0.3, -0.25) is 9.69 Å². The molecule has 2 rings (SSSR count). The average Bonchev–Trinajstić information content (AvgIpc) is 2.89. The highest BCUT2D eigenvalue weighted by Gasteiger charge is 2.11. The average molecular weight is 365 g/mol. The molecular weight excluding hydrogens is 344 g/mol. The molecule has 1 N–H and O–H groups in total. The van der Waals surface area contributed by atoms with Crippen LogP contribution < -0.4 is 5.32 Å². The third-order valence-electron chi connectivity index (χ3n) is 3.21. The van der Waals surface area contributed by atoms with Gasteiger partial charge in [-0.2, -0.15) is 5.10 Å². The van der Waals surface area contributed by atoms with Crippen molar-refractivity contribution in [3.05, 3.63) is 46.6 Å². The second kappa shape index (κ2) is 7.56. The van der Waals surface area contributed by atoms with Crippen molar-refractivity contribution in [3.63, 3.8) is 0 Å². The predicted octanol–water partition coefficient (Wildman–Crippen LogP) is 3.30. The molecule has 0 aliphatic rings. The van der Waals surface area contributed by atoms with Crippen LogP contribution in [0.5, 0.6) is 0 Å². The summed E-state index contributed by atoms with van der Waals surface area (Å²) in [5.74, 6) is 0.694. The van der Waals surface area contributed by atoms with Gasteiger partial charge in [0.05, 0.1) is 12.7 Å². The number of carbonyl (C=O) groups excluding carboxylic acids is 1. The van der Waals surface area contributed by atoms with Gasteiger partial charge in [0.25, 0.3) is 0 Å². The molecule has 22 heavy (non-hydrogen) atoms. The Kier molecular flexibility index (Phi) is 5.74. The maximum atomic E-state index is 12.1. The molecule has 0 aliphatic carbocycles. The Labute approximate surface area is 139 Å². The highest BCUT2D eigenvalue weighted by atomic mass is 79.9. The van der Waals surface area contributed by atoms with Crippen molar-refractivity contribution in [3.8, 4) is 0 Å². The van der Waals surface area contributed by atoms with E-state index in [9.17, 15) is 4.79 Å². The molecule has 0 bridgehead atoms. The number of anilines is 1. The summed E-state index contributed by atoms with van der Waals surface area (Å²) in [6.07, 6.45) is 1.70. The fourth-order valence-corrected chi connectivity index (χ4v) is 2.47. The van der Waals surface area contributed by atoms with E-state index in [-0.39, 0.29) is 11.9 Å². The molecule has 5 nitrogen and oxygen atoms in total. The maximum Gasteiger partial charge on any atom is 0.239 e. The third kappa shape index (κ3) is 4.68. The van der Waals surface area contributed by atoms with Gasteiger partial charge in [-0.15, -0.1) is 0 Å². The first-order valence-corrected chi connectivity index (χ1v) is 8.01. The predicted molar refractivity (Wildman–Crippen MR) is 91.7 cm³/mol. The van der Waals surface area contributed by atoms with Gasteiger partial charge in [0, 0.05) is 23.1 Å². The van der Waals surface area contributed by atoms with Crippen LogP contribution in [0.3, 0.4) is 0 Å². The van der Waals surface area contributed by atoms with Crippen LogP contribution >= 0.6 is 15.9 Å². The number of carbonyl (C=O) groups is 1. The van der Waals surface area contributed by atoms with Gasteiger partial charge >= 0.3 is 0 Å². The first-order valence-electron chi connectivity index (χ1n) is 7.22. The summed E-state index contributed by atoms with van der Waals surface area (Å²) in [5, 5.41) is 7.12. The summed E-state index contributed by atoms with van der Waals surface area (Å²) in [5.41, 5.74) is 1.17. The maximum absolute atomic E-state index is 12.1. The third-order valence-corrected chi connectivity index (χ3v) is 3.73. The largest absolute Gasteiger partial charge is 0.310 e. The van der Waals surface area contributed by atoms with E-state index in [4.69, 9.17) is 0 Å². The topological polar surface area (TPSA) is 50.2 Å². The Balaban J connectivity index is 1.88. The van der Waals surface area contributed by atoms with Gasteiger partial charge in [-0.05, 0) is 38.6 Å². The van der Waals surface area contributed by atoms with E-state index in [1.807, 2.05) is 56.1 Å². The van der Waals surface area contributed by atoms with E-state index < -0.39 is 0 Å². The van der Waals surface area contributed by atoms with Crippen LogP contribution in [0.2, 0.25) is 0 Å².